The number of carbonyl (C=O) groups excluding carboxylic acids is 1. The van der Waals surface area contributed by atoms with Crippen LogP contribution in [0.3, 0.4) is 0 Å². The van der Waals surface area contributed by atoms with E-state index < -0.39 is 10.0 Å². The van der Waals surface area contributed by atoms with Crippen LogP contribution in [0.25, 0.3) is 22.4 Å². The van der Waals surface area contributed by atoms with E-state index in [2.05, 4.69) is 10.3 Å². The zero-order valence-electron chi connectivity index (χ0n) is 17.9. The molecule has 1 fully saturated rings. The highest BCUT2D eigenvalue weighted by Gasteiger charge is 2.35. The Balaban J connectivity index is 1.30. The molecule has 0 spiro atoms. The van der Waals surface area contributed by atoms with E-state index in [1.807, 2.05) is 18.2 Å². The lowest BCUT2D eigenvalue weighted by Gasteiger charge is -2.16. The van der Waals surface area contributed by atoms with Gasteiger partial charge in [0.15, 0.2) is 10.9 Å². The van der Waals surface area contributed by atoms with E-state index in [0.29, 0.717) is 33.5 Å². The van der Waals surface area contributed by atoms with Crippen molar-refractivity contribution in [3.63, 3.8) is 0 Å². The molecule has 170 valence electrons. The highest BCUT2D eigenvalue weighted by Crippen LogP contribution is 2.32. The minimum atomic E-state index is -3.55. The van der Waals surface area contributed by atoms with Crippen LogP contribution in [0.2, 0.25) is 0 Å². The maximum absolute atomic E-state index is 12.6. The molecule has 4 aromatic rings. The van der Waals surface area contributed by atoms with Crippen molar-refractivity contribution >= 4 is 43.4 Å². The van der Waals surface area contributed by atoms with E-state index in [1.54, 1.807) is 25.6 Å². The number of benzene rings is 2. The van der Waals surface area contributed by atoms with Crippen LogP contribution < -0.4 is 10.1 Å². The number of rotatable bonds is 7. The van der Waals surface area contributed by atoms with Crippen molar-refractivity contribution in [3.8, 4) is 17.2 Å². The van der Waals surface area contributed by atoms with Crippen molar-refractivity contribution in [2.75, 3.05) is 19.5 Å². The van der Waals surface area contributed by atoms with Gasteiger partial charge in [-0.1, -0.05) is 0 Å². The van der Waals surface area contributed by atoms with E-state index in [1.165, 1.54) is 39.9 Å². The molecule has 1 aliphatic rings. The third-order valence-corrected chi connectivity index (χ3v) is 8.24. The van der Waals surface area contributed by atoms with Crippen LogP contribution in [0.1, 0.15) is 23.2 Å². The van der Waals surface area contributed by atoms with E-state index in [-0.39, 0.29) is 16.8 Å². The number of fused-ring (bicyclic) bond motifs is 1. The first-order valence-electron chi connectivity index (χ1n) is 10.3. The van der Waals surface area contributed by atoms with E-state index >= 15 is 0 Å². The zero-order valence-corrected chi connectivity index (χ0v) is 19.6. The first-order valence-corrected chi connectivity index (χ1v) is 12.6. The second-order valence-electron chi connectivity index (χ2n) is 7.78. The fraction of sp³-hybridized carbons (Fsp3) is 0.217. The van der Waals surface area contributed by atoms with Gasteiger partial charge in [-0.05, 0) is 55.3 Å². The average Bonchev–Trinajstić information content (AvgIpc) is 3.42. The maximum Gasteiger partial charge on any atom is 0.257 e. The van der Waals surface area contributed by atoms with Gasteiger partial charge in [0.2, 0.25) is 10.0 Å². The Bertz CT molecular complexity index is 1440. The van der Waals surface area contributed by atoms with Gasteiger partial charge in [-0.3, -0.25) is 10.1 Å². The number of nitrogens with zero attached hydrogens (tertiary/aromatic N) is 2. The number of carbonyl (C=O) groups is 1. The molecule has 5 rings (SSSR count). The largest absolute Gasteiger partial charge is 0.497 e. The Labute approximate surface area is 194 Å². The first kappa shape index (κ1) is 21.6. The molecule has 0 saturated heterocycles. The van der Waals surface area contributed by atoms with Gasteiger partial charge in [0, 0.05) is 35.5 Å². The lowest BCUT2D eigenvalue weighted by Crippen LogP contribution is -2.29. The van der Waals surface area contributed by atoms with Crippen molar-refractivity contribution in [3.05, 3.63) is 59.5 Å². The molecule has 0 bridgehead atoms. The molecular weight excluding hydrogens is 462 g/mol. The summed E-state index contributed by atoms with van der Waals surface area (Å²) in [7, 11) is -0.361. The number of anilines is 1. The molecule has 8 nitrogen and oxygen atoms in total. The van der Waals surface area contributed by atoms with Gasteiger partial charge >= 0.3 is 0 Å². The molecule has 2 aromatic heterocycles. The average molecular weight is 484 g/mol. The molecule has 0 aliphatic heterocycles. The molecule has 1 saturated carbocycles. The molecular formula is C23H21N3O5S2. The Kier molecular flexibility index (Phi) is 5.43. The number of aromatic nitrogens is 1. The Morgan fingerprint density at radius 2 is 1.94 bits per heavy atom. The van der Waals surface area contributed by atoms with E-state index in [9.17, 15) is 13.2 Å². The van der Waals surface area contributed by atoms with Gasteiger partial charge in [-0.15, -0.1) is 11.3 Å². The topological polar surface area (TPSA) is 102 Å². The molecule has 10 heteroatoms. The van der Waals surface area contributed by atoms with Crippen LogP contribution in [0, 0.1) is 0 Å². The fourth-order valence-corrected chi connectivity index (χ4v) is 5.57. The third-order valence-electron chi connectivity index (χ3n) is 5.56. The van der Waals surface area contributed by atoms with E-state index in [0.717, 1.165) is 18.2 Å². The molecule has 0 unspecified atom stereocenters. The highest BCUT2D eigenvalue weighted by molar-refractivity contribution is 7.89. The second-order valence-corrected chi connectivity index (χ2v) is 10.6. The summed E-state index contributed by atoms with van der Waals surface area (Å²) in [5, 5.41) is 5.89. The molecule has 2 aromatic carbocycles. The summed E-state index contributed by atoms with van der Waals surface area (Å²) in [6, 6.07) is 13.4. The maximum atomic E-state index is 12.6. The van der Waals surface area contributed by atoms with Crippen LogP contribution in [0.4, 0.5) is 5.13 Å². The molecule has 1 aliphatic carbocycles. The quantitative estimate of drug-likeness (QED) is 0.412. The predicted molar refractivity (Wildman–Crippen MR) is 126 cm³/mol. The number of furan rings is 1. The van der Waals surface area contributed by atoms with Gasteiger partial charge < -0.3 is 9.15 Å². The van der Waals surface area contributed by atoms with Gasteiger partial charge in [0.25, 0.3) is 5.91 Å². The standard InChI is InChI=1S/C23H21N3O5S2/c1-26(16-6-7-16)33(28,29)18-9-4-14(5-10-18)22(27)25-23-24-19(13-32-23)21-11-15-3-8-17(30-2)12-20(15)31-21/h3-5,8-13,16H,6-7H2,1-2H3,(H,24,25,27). The van der Waals surface area contributed by atoms with Crippen LogP contribution in [-0.4, -0.2) is 43.8 Å². The second kappa shape index (κ2) is 8.29. The highest BCUT2D eigenvalue weighted by atomic mass is 32.2. The fourth-order valence-electron chi connectivity index (χ4n) is 3.46. The van der Waals surface area contributed by atoms with Gasteiger partial charge in [-0.2, -0.15) is 4.31 Å². The number of hydrogen-bond donors (Lipinski definition) is 1. The molecule has 1 N–H and O–H groups in total. The van der Waals surface area contributed by atoms with Crippen molar-refractivity contribution in [1.82, 2.24) is 9.29 Å². The molecule has 1 amide bonds. The minimum Gasteiger partial charge on any atom is -0.497 e. The number of amides is 1. The molecule has 2 heterocycles. The summed E-state index contributed by atoms with van der Waals surface area (Å²) in [4.78, 5) is 17.3. The first-order chi connectivity index (χ1) is 15.8. The lowest BCUT2D eigenvalue weighted by molar-refractivity contribution is 0.102. The normalized spacial score (nSPS) is 14.0. The number of hydrogen-bond acceptors (Lipinski definition) is 7. The van der Waals surface area contributed by atoms with Crippen molar-refractivity contribution in [1.29, 1.82) is 0 Å². The summed E-state index contributed by atoms with van der Waals surface area (Å²) >= 11 is 1.28. The number of nitrogens with one attached hydrogen (secondary N) is 1. The Morgan fingerprint density at radius 1 is 1.18 bits per heavy atom. The predicted octanol–water partition coefficient (Wildman–Crippen LogP) is 4.60. The Hall–Kier alpha value is -3.21. The van der Waals surface area contributed by atoms with Gasteiger partial charge in [0.05, 0.1) is 12.0 Å². The van der Waals surface area contributed by atoms with Gasteiger partial charge in [-0.25, -0.2) is 13.4 Å². The molecule has 0 atom stereocenters. The van der Waals surface area contributed by atoms with Crippen molar-refractivity contribution in [2.24, 2.45) is 0 Å². The summed E-state index contributed by atoms with van der Waals surface area (Å²) in [5.41, 5.74) is 1.64. The van der Waals surface area contributed by atoms with Crippen LogP contribution in [0.5, 0.6) is 5.75 Å². The third kappa shape index (κ3) is 4.24. The summed E-state index contributed by atoms with van der Waals surface area (Å²) in [6.45, 7) is 0. The van der Waals surface area contributed by atoms with Crippen molar-refractivity contribution in [2.45, 2.75) is 23.8 Å². The van der Waals surface area contributed by atoms with Crippen LogP contribution >= 0.6 is 11.3 Å². The lowest BCUT2D eigenvalue weighted by atomic mass is 10.2. The van der Waals surface area contributed by atoms with Crippen LogP contribution in [0.15, 0.2) is 63.2 Å². The number of sulfonamides is 1. The molecule has 0 radical (unpaired) electrons. The summed E-state index contributed by atoms with van der Waals surface area (Å²) < 4.78 is 37.7. The Morgan fingerprint density at radius 3 is 2.64 bits per heavy atom. The zero-order chi connectivity index (χ0) is 23.2. The number of thiazole rings is 1. The SMILES string of the molecule is COc1ccc2cc(-c3csc(NC(=O)c4ccc(S(=O)(=O)N(C)C5CC5)cc4)n3)oc2c1. The van der Waals surface area contributed by atoms with E-state index in [4.69, 9.17) is 9.15 Å². The summed E-state index contributed by atoms with van der Waals surface area (Å²) in [6.07, 6.45) is 1.77. The summed E-state index contributed by atoms with van der Waals surface area (Å²) in [5.74, 6) is 0.918. The van der Waals surface area contributed by atoms with Gasteiger partial charge in [0.1, 0.15) is 17.0 Å². The minimum absolute atomic E-state index is 0.0749. The smallest absolute Gasteiger partial charge is 0.257 e. The number of methoxy groups -OCH3 is 1. The number of ether oxygens (including phenoxy) is 1. The van der Waals surface area contributed by atoms with Crippen LogP contribution in [-0.2, 0) is 10.0 Å². The molecule has 33 heavy (non-hydrogen) atoms. The monoisotopic (exact) mass is 483 g/mol. The van der Waals surface area contributed by atoms with Crippen molar-refractivity contribution < 1.29 is 22.4 Å².